The number of carbonyl (C=O) groups excluding carboxylic acids is 1. The van der Waals surface area contributed by atoms with Gasteiger partial charge in [-0.15, -0.1) is 0 Å². The van der Waals surface area contributed by atoms with Crippen LogP contribution in [0, 0.1) is 0 Å². The lowest BCUT2D eigenvalue weighted by atomic mass is 9.94. The number of H-pyrrole nitrogens is 1. The van der Waals surface area contributed by atoms with Crippen molar-refractivity contribution >= 4 is 5.91 Å². The number of nitrogens with one attached hydrogen (secondary N) is 2. The Morgan fingerprint density at radius 1 is 1.19 bits per heavy atom. The van der Waals surface area contributed by atoms with Crippen molar-refractivity contribution in [2.45, 2.75) is 51.1 Å². The molecule has 0 saturated heterocycles. The predicted molar refractivity (Wildman–Crippen MR) is 103 cm³/mol. The van der Waals surface area contributed by atoms with Gasteiger partial charge in [0, 0.05) is 30.9 Å². The Morgan fingerprint density at radius 3 is 2.85 bits per heavy atom. The Kier molecular flexibility index (Phi) is 5.32. The van der Waals surface area contributed by atoms with E-state index in [2.05, 4.69) is 20.6 Å². The van der Waals surface area contributed by atoms with E-state index in [1.165, 1.54) is 24.1 Å². The van der Waals surface area contributed by atoms with Crippen molar-refractivity contribution in [2.75, 3.05) is 0 Å². The molecule has 0 radical (unpaired) electrons. The van der Waals surface area contributed by atoms with E-state index >= 15 is 0 Å². The quantitative estimate of drug-likeness (QED) is 0.678. The Morgan fingerprint density at radius 2 is 2.04 bits per heavy atom. The van der Waals surface area contributed by atoms with Crippen molar-refractivity contribution in [3.8, 4) is 0 Å². The Bertz CT molecular complexity index is 869. The molecule has 0 fully saturated rings. The van der Waals surface area contributed by atoms with Crippen LogP contribution in [0.15, 0.2) is 48.8 Å². The van der Waals surface area contributed by atoms with Crippen LogP contribution < -0.4 is 5.32 Å². The molecule has 2 N–H and O–H groups in total. The Hall–Kier alpha value is -2.89. The lowest BCUT2D eigenvalue weighted by Crippen LogP contribution is -2.31. The third-order valence-corrected chi connectivity index (χ3v) is 5.20. The molecule has 0 spiro atoms. The van der Waals surface area contributed by atoms with Crippen LogP contribution in [0.25, 0.3) is 0 Å². The fourth-order valence-electron chi connectivity index (χ4n) is 3.77. The monoisotopic (exact) mass is 363 g/mol. The fourth-order valence-corrected chi connectivity index (χ4v) is 3.77. The summed E-state index contributed by atoms with van der Waals surface area (Å²) in [5, 5.41) is 15.1. The average Bonchev–Trinajstić information content (AvgIpc) is 3.36. The average molecular weight is 363 g/mol. The van der Waals surface area contributed by atoms with Crippen LogP contribution in [0.5, 0.6) is 0 Å². The zero-order valence-electron chi connectivity index (χ0n) is 15.4. The SMILES string of the molecule is O=C(CCc1n[nH]c2c1CCCC2)NC(Cn1cccn1)c1ccccc1. The van der Waals surface area contributed by atoms with E-state index in [9.17, 15) is 4.79 Å². The van der Waals surface area contributed by atoms with Crippen LogP contribution in [-0.2, 0) is 30.6 Å². The molecule has 0 bridgehead atoms. The number of aryl methyl sites for hydroxylation is 2. The summed E-state index contributed by atoms with van der Waals surface area (Å²) in [4.78, 5) is 12.6. The number of benzene rings is 1. The van der Waals surface area contributed by atoms with Crippen LogP contribution in [0.2, 0.25) is 0 Å². The van der Waals surface area contributed by atoms with Gasteiger partial charge in [-0.2, -0.15) is 10.2 Å². The summed E-state index contributed by atoms with van der Waals surface area (Å²) in [6.07, 6.45) is 9.39. The fraction of sp³-hybridized carbons (Fsp3) is 0.381. The van der Waals surface area contributed by atoms with Gasteiger partial charge < -0.3 is 5.32 Å². The van der Waals surface area contributed by atoms with E-state index in [1.807, 2.05) is 47.3 Å². The predicted octanol–water partition coefficient (Wildman–Crippen LogP) is 2.98. The van der Waals surface area contributed by atoms with E-state index in [0.717, 1.165) is 24.1 Å². The maximum atomic E-state index is 12.6. The molecule has 4 rings (SSSR count). The van der Waals surface area contributed by atoms with Crippen molar-refractivity contribution in [2.24, 2.45) is 0 Å². The molecule has 1 aliphatic carbocycles. The second-order valence-corrected chi connectivity index (χ2v) is 7.09. The van der Waals surface area contributed by atoms with E-state index < -0.39 is 0 Å². The van der Waals surface area contributed by atoms with Gasteiger partial charge in [-0.05, 0) is 42.9 Å². The van der Waals surface area contributed by atoms with Gasteiger partial charge in [0.05, 0.1) is 18.3 Å². The Balaban J connectivity index is 1.40. The number of hydrogen-bond acceptors (Lipinski definition) is 3. The van der Waals surface area contributed by atoms with Crippen LogP contribution in [0.1, 0.15) is 47.8 Å². The first-order valence-corrected chi connectivity index (χ1v) is 9.66. The molecular weight excluding hydrogens is 338 g/mol. The summed E-state index contributed by atoms with van der Waals surface area (Å²) in [6.45, 7) is 0.612. The molecule has 6 nitrogen and oxygen atoms in total. The lowest BCUT2D eigenvalue weighted by Gasteiger charge is -2.19. The molecule has 1 aliphatic rings. The molecule has 2 heterocycles. The maximum absolute atomic E-state index is 12.6. The Labute approximate surface area is 159 Å². The summed E-state index contributed by atoms with van der Waals surface area (Å²) < 4.78 is 1.85. The van der Waals surface area contributed by atoms with Crippen LogP contribution >= 0.6 is 0 Å². The molecule has 6 heteroatoms. The second kappa shape index (κ2) is 8.20. The smallest absolute Gasteiger partial charge is 0.220 e. The summed E-state index contributed by atoms with van der Waals surface area (Å²) in [6, 6.07) is 11.8. The number of nitrogens with zero attached hydrogens (tertiary/aromatic N) is 3. The largest absolute Gasteiger partial charge is 0.347 e. The molecular formula is C21H25N5O. The molecule has 0 saturated carbocycles. The number of aromatic nitrogens is 4. The van der Waals surface area contributed by atoms with Crippen molar-refractivity contribution in [3.63, 3.8) is 0 Å². The highest BCUT2D eigenvalue weighted by atomic mass is 16.1. The summed E-state index contributed by atoms with van der Waals surface area (Å²) >= 11 is 0. The number of carbonyl (C=O) groups is 1. The number of amides is 1. The maximum Gasteiger partial charge on any atom is 0.220 e. The van der Waals surface area contributed by atoms with Crippen molar-refractivity contribution < 1.29 is 4.79 Å². The second-order valence-electron chi connectivity index (χ2n) is 7.09. The summed E-state index contributed by atoms with van der Waals surface area (Å²) in [5.41, 5.74) is 4.74. The van der Waals surface area contributed by atoms with Crippen LogP contribution in [-0.4, -0.2) is 25.9 Å². The van der Waals surface area contributed by atoms with Crippen molar-refractivity contribution in [3.05, 3.63) is 71.3 Å². The minimum absolute atomic E-state index is 0.0450. The lowest BCUT2D eigenvalue weighted by molar-refractivity contribution is -0.121. The van der Waals surface area contributed by atoms with E-state index in [4.69, 9.17) is 0 Å². The highest BCUT2D eigenvalue weighted by Crippen LogP contribution is 2.23. The minimum Gasteiger partial charge on any atom is -0.347 e. The van der Waals surface area contributed by atoms with E-state index in [1.54, 1.807) is 6.20 Å². The van der Waals surface area contributed by atoms with Gasteiger partial charge >= 0.3 is 0 Å². The number of aromatic amines is 1. The van der Waals surface area contributed by atoms with Gasteiger partial charge in [0.1, 0.15) is 0 Å². The van der Waals surface area contributed by atoms with Crippen LogP contribution in [0.4, 0.5) is 0 Å². The highest BCUT2D eigenvalue weighted by molar-refractivity contribution is 5.76. The summed E-state index contributed by atoms with van der Waals surface area (Å²) in [7, 11) is 0. The van der Waals surface area contributed by atoms with Crippen molar-refractivity contribution in [1.82, 2.24) is 25.3 Å². The molecule has 1 aromatic carbocycles. The number of hydrogen-bond donors (Lipinski definition) is 2. The summed E-state index contributed by atoms with van der Waals surface area (Å²) in [5.74, 6) is 0.0450. The first-order valence-electron chi connectivity index (χ1n) is 9.66. The molecule has 1 unspecified atom stereocenters. The minimum atomic E-state index is -0.105. The van der Waals surface area contributed by atoms with Gasteiger partial charge in [0.25, 0.3) is 0 Å². The molecule has 3 aromatic rings. The normalized spacial score (nSPS) is 14.5. The third kappa shape index (κ3) is 4.27. The molecule has 1 amide bonds. The first kappa shape index (κ1) is 17.5. The number of fused-ring (bicyclic) bond motifs is 1. The molecule has 140 valence electrons. The molecule has 0 aliphatic heterocycles. The van der Waals surface area contributed by atoms with Gasteiger partial charge in [-0.25, -0.2) is 0 Å². The van der Waals surface area contributed by atoms with Gasteiger partial charge in [-0.3, -0.25) is 14.6 Å². The molecule has 1 atom stereocenters. The van der Waals surface area contributed by atoms with Gasteiger partial charge in [-0.1, -0.05) is 30.3 Å². The zero-order valence-corrected chi connectivity index (χ0v) is 15.4. The molecule has 27 heavy (non-hydrogen) atoms. The number of rotatable bonds is 7. The van der Waals surface area contributed by atoms with Gasteiger partial charge in [0.15, 0.2) is 0 Å². The van der Waals surface area contributed by atoms with Gasteiger partial charge in [0.2, 0.25) is 5.91 Å². The van der Waals surface area contributed by atoms with E-state index in [0.29, 0.717) is 19.4 Å². The first-order chi connectivity index (χ1) is 13.3. The third-order valence-electron chi connectivity index (χ3n) is 5.20. The van der Waals surface area contributed by atoms with Crippen molar-refractivity contribution in [1.29, 1.82) is 0 Å². The standard InChI is InChI=1S/C21H25N5O/c27-21(12-11-19-17-9-4-5-10-18(17)24-25-19)23-20(15-26-14-6-13-22-26)16-7-2-1-3-8-16/h1-3,6-8,13-14,20H,4-5,9-12,15H2,(H,23,27)(H,24,25). The molecule has 2 aromatic heterocycles. The zero-order chi connectivity index (χ0) is 18.5. The van der Waals surface area contributed by atoms with E-state index in [-0.39, 0.29) is 11.9 Å². The highest BCUT2D eigenvalue weighted by Gasteiger charge is 2.19. The topological polar surface area (TPSA) is 75.6 Å². The van der Waals surface area contributed by atoms with Crippen LogP contribution in [0.3, 0.4) is 0 Å².